The van der Waals surface area contributed by atoms with Crippen LogP contribution in [0.15, 0.2) is 40.9 Å². The summed E-state index contributed by atoms with van der Waals surface area (Å²) in [4.78, 5) is 0. The molecule has 3 N–H and O–H groups in total. The van der Waals surface area contributed by atoms with Crippen molar-refractivity contribution in [2.24, 2.45) is 5.84 Å². The van der Waals surface area contributed by atoms with E-state index in [-0.39, 0.29) is 11.9 Å². The summed E-state index contributed by atoms with van der Waals surface area (Å²) in [5.74, 6) is 5.33. The Hall–Kier alpha value is -0.940. The monoisotopic (exact) mass is 342 g/mol. The number of hydrogen-bond donors (Lipinski definition) is 2. The van der Waals surface area contributed by atoms with Gasteiger partial charge in [-0.25, -0.2) is 9.82 Å². The van der Waals surface area contributed by atoms with Gasteiger partial charge in [-0.3, -0.25) is 5.84 Å². The highest BCUT2D eigenvalue weighted by Gasteiger charge is 2.16. The fourth-order valence-electron chi connectivity index (χ4n) is 1.98. The third-order valence-corrected chi connectivity index (χ3v) is 4.23. The molecule has 1 atom stereocenters. The Labute approximate surface area is 124 Å². The van der Waals surface area contributed by atoms with Crippen LogP contribution in [0.25, 0.3) is 0 Å². The Bertz CT molecular complexity index is 604. The molecule has 0 bridgehead atoms. The molecule has 2 nitrogen and oxygen atoms in total. The van der Waals surface area contributed by atoms with Crippen LogP contribution in [0, 0.1) is 12.7 Å². The van der Waals surface area contributed by atoms with Gasteiger partial charge in [0.25, 0.3) is 0 Å². The van der Waals surface area contributed by atoms with Crippen molar-refractivity contribution in [3.63, 3.8) is 0 Å². The molecule has 0 fully saturated rings. The van der Waals surface area contributed by atoms with Crippen molar-refractivity contribution in [2.45, 2.75) is 13.0 Å². The highest BCUT2D eigenvalue weighted by molar-refractivity contribution is 9.10. The van der Waals surface area contributed by atoms with Crippen LogP contribution in [0.5, 0.6) is 0 Å². The topological polar surface area (TPSA) is 38.0 Å². The predicted octanol–water partition coefficient (Wildman–Crippen LogP) is 4.10. The standard InChI is InChI=1S/C14H13BrClFN2/c1-8-2-4-10(17)7-11(8)14(19-18)9-3-5-12(15)13(16)6-9/h2-7,14,19H,18H2,1H3. The van der Waals surface area contributed by atoms with Crippen LogP contribution < -0.4 is 11.3 Å². The lowest BCUT2D eigenvalue weighted by molar-refractivity contribution is 0.603. The molecule has 0 radical (unpaired) electrons. The van der Waals surface area contributed by atoms with E-state index >= 15 is 0 Å². The summed E-state index contributed by atoms with van der Waals surface area (Å²) < 4.78 is 14.2. The van der Waals surface area contributed by atoms with E-state index in [4.69, 9.17) is 17.4 Å². The van der Waals surface area contributed by atoms with E-state index in [1.807, 2.05) is 19.1 Å². The molecule has 0 saturated heterocycles. The maximum Gasteiger partial charge on any atom is 0.123 e. The Balaban J connectivity index is 2.49. The molecule has 0 saturated carbocycles. The third-order valence-electron chi connectivity index (χ3n) is 3.00. The molecule has 19 heavy (non-hydrogen) atoms. The number of aryl methyl sites for hydroxylation is 1. The van der Waals surface area contributed by atoms with Gasteiger partial charge >= 0.3 is 0 Å². The highest BCUT2D eigenvalue weighted by Crippen LogP contribution is 2.30. The summed E-state index contributed by atoms with van der Waals surface area (Å²) in [7, 11) is 0. The molecule has 1 unspecified atom stereocenters. The van der Waals surface area contributed by atoms with Gasteiger partial charge in [-0.1, -0.05) is 23.7 Å². The zero-order valence-electron chi connectivity index (χ0n) is 10.3. The first-order valence-corrected chi connectivity index (χ1v) is 6.87. The maximum absolute atomic E-state index is 13.4. The lowest BCUT2D eigenvalue weighted by Gasteiger charge is -2.19. The molecule has 5 heteroatoms. The molecule has 0 spiro atoms. The zero-order valence-corrected chi connectivity index (χ0v) is 12.6. The molecule has 0 aliphatic carbocycles. The molecular weight excluding hydrogens is 331 g/mol. The van der Waals surface area contributed by atoms with Crippen LogP contribution in [0.3, 0.4) is 0 Å². The van der Waals surface area contributed by atoms with Gasteiger partial charge in [0.1, 0.15) is 5.82 Å². The fourth-order valence-corrected chi connectivity index (χ4v) is 2.42. The zero-order chi connectivity index (χ0) is 14.0. The largest absolute Gasteiger partial charge is 0.271 e. The van der Waals surface area contributed by atoms with Crippen molar-refractivity contribution < 1.29 is 4.39 Å². The third kappa shape index (κ3) is 3.15. The molecule has 2 aromatic rings. The van der Waals surface area contributed by atoms with E-state index in [9.17, 15) is 4.39 Å². The van der Waals surface area contributed by atoms with Gasteiger partial charge in [-0.15, -0.1) is 0 Å². The molecule has 2 aromatic carbocycles. The fraction of sp³-hybridized carbons (Fsp3) is 0.143. The first kappa shape index (κ1) is 14.5. The van der Waals surface area contributed by atoms with E-state index in [1.165, 1.54) is 12.1 Å². The highest BCUT2D eigenvalue weighted by atomic mass is 79.9. The average Bonchev–Trinajstić information content (AvgIpc) is 2.38. The number of halogens is 3. The van der Waals surface area contributed by atoms with E-state index in [1.54, 1.807) is 12.1 Å². The molecule has 100 valence electrons. The van der Waals surface area contributed by atoms with Gasteiger partial charge in [0.2, 0.25) is 0 Å². The lowest BCUT2D eigenvalue weighted by atomic mass is 9.95. The van der Waals surface area contributed by atoms with Crippen LogP contribution in [0.2, 0.25) is 5.02 Å². The molecule has 0 aromatic heterocycles. The van der Waals surface area contributed by atoms with Crippen molar-refractivity contribution in [2.75, 3.05) is 0 Å². The Morgan fingerprint density at radius 1 is 1.26 bits per heavy atom. The minimum Gasteiger partial charge on any atom is -0.271 e. The van der Waals surface area contributed by atoms with Crippen LogP contribution in [-0.2, 0) is 0 Å². The van der Waals surface area contributed by atoms with Gasteiger partial charge < -0.3 is 0 Å². The summed E-state index contributed by atoms with van der Waals surface area (Å²) in [6, 6.07) is 9.88. The summed E-state index contributed by atoms with van der Waals surface area (Å²) in [5.41, 5.74) is 5.34. The molecule has 0 amide bonds. The van der Waals surface area contributed by atoms with Crippen LogP contribution in [0.1, 0.15) is 22.7 Å². The van der Waals surface area contributed by atoms with E-state index in [2.05, 4.69) is 21.4 Å². The number of rotatable bonds is 3. The smallest absolute Gasteiger partial charge is 0.123 e. The SMILES string of the molecule is Cc1ccc(F)cc1C(NN)c1ccc(Br)c(Cl)c1. The molecular formula is C14H13BrClFN2. The van der Waals surface area contributed by atoms with E-state index in [0.29, 0.717) is 5.02 Å². The summed E-state index contributed by atoms with van der Waals surface area (Å²) in [6.45, 7) is 1.92. The Kier molecular flexibility index (Phi) is 4.58. The number of hydrazine groups is 1. The van der Waals surface area contributed by atoms with Crippen molar-refractivity contribution in [1.82, 2.24) is 5.43 Å². The summed E-state index contributed by atoms with van der Waals surface area (Å²) in [6.07, 6.45) is 0. The minimum absolute atomic E-state index is 0.288. The molecule has 0 heterocycles. The van der Waals surface area contributed by atoms with Gasteiger partial charge in [-0.2, -0.15) is 0 Å². The van der Waals surface area contributed by atoms with Gasteiger partial charge in [-0.05, 0) is 63.8 Å². The first-order chi connectivity index (χ1) is 9.02. The first-order valence-electron chi connectivity index (χ1n) is 5.70. The summed E-state index contributed by atoms with van der Waals surface area (Å²) >= 11 is 9.42. The van der Waals surface area contributed by atoms with Crippen LogP contribution >= 0.6 is 27.5 Å². The normalized spacial score (nSPS) is 12.5. The van der Waals surface area contributed by atoms with Crippen LogP contribution in [0.4, 0.5) is 4.39 Å². The Morgan fingerprint density at radius 2 is 2.00 bits per heavy atom. The molecule has 0 aliphatic heterocycles. The predicted molar refractivity (Wildman–Crippen MR) is 79.5 cm³/mol. The number of benzene rings is 2. The second-order valence-corrected chi connectivity index (χ2v) is 5.54. The van der Waals surface area contributed by atoms with Gasteiger partial charge in [0, 0.05) is 4.47 Å². The van der Waals surface area contributed by atoms with Gasteiger partial charge in [0.15, 0.2) is 0 Å². The maximum atomic E-state index is 13.4. The van der Waals surface area contributed by atoms with Crippen LogP contribution in [-0.4, -0.2) is 0 Å². The van der Waals surface area contributed by atoms with E-state index in [0.717, 1.165) is 21.2 Å². The number of hydrogen-bond acceptors (Lipinski definition) is 2. The van der Waals surface area contributed by atoms with E-state index < -0.39 is 0 Å². The number of nitrogens with two attached hydrogens (primary N) is 1. The second kappa shape index (κ2) is 6.01. The van der Waals surface area contributed by atoms with Crippen molar-refractivity contribution in [1.29, 1.82) is 0 Å². The van der Waals surface area contributed by atoms with Crippen molar-refractivity contribution in [3.8, 4) is 0 Å². The second-order valence-electron chi connectivity index (χ2n) is 4.27. The number of nitrogens with one attached hydrogen (secondary N) is 1. The lowest BCUT2D eigenvalue weighted by Crippen LogP contribution is -2.29. The summed E-state index contributed by atoms with van der Waals surface area (Å²) in [5, 5.41) is 0.590. The quantitative estimate of drug-likeness (QED) is 0.650. The molecule has 2 rings (SSSR count). The van der Waals surface area contributed by atoms with Gasteiger partial charge in [0.05, 0.1) is 11.1 Å². The minimum atomic E-state index is -0.304. The average molecular weight is 344 g/mol. The Morgan fingerprint density at radius 3 is 2.63 bits per heavy atom. The van der Waals surface area contributed by atoms with Crippen molar-refractivity contribution >= 4 is 27.5 Å². The molecule has 0 aliphatic rings. The van der Waals surface area contributed by atoms with Crippen molar-refractivity contribution in [3.05, 3.63) is 68.4 Å².